The van der Waals surface area contributed by atoms with Gasteiger partial charge in [0.15, 0.2) is 0 Å². The van der Waals surface area contributed by atoms with Crippen LogP contribution in [0.5, 0.6) is 5.75 Å². The topological polar surface area (TPSA) is 88.8 Å². The molecule has 0 unspecified atom stereocenters. The first kappa shape index (κ1) is 21.7. The summed E-state index contributed by atoms with van der Waals surface area (Å²) in [7, 11) is 1.37. The molecule has 0 saturated heterocycles. The van der Waals surface area contributed by atoms with Crippen LogP contribution < -0.4 is 10.1 Å². The quantitative estimate of drug-likeness (QED) is 0.516. The Morgan fingerprint density at radius 2 is 1.87 bits per heavy atom. The first-order chi connectivity index (χ1) is 14.7. The lowest BCUT2D eigenvalue weighted by atomic mass is 10.1. The second kappa shape index (κ2) is 8.78. The molecule has 31 heavy (non-hydrogen) atoms. The lowest BCUT2D eigenvalue weighted by Crippen LogP contribution is -2.10. The lowest BCUT2D eigenvalue weighted by Gasteiger charge is -2.09. The van der Waals surface area contributed by atoms with E-state index in [0.29, 0.717) is 0 Å². The summed E-state index contributed by atoms with van der Waals surface area (Å²) in [6.45, 7) is 0. The third-order valence-electron chi connectivity index (χ3n) is 4.20. The number of anilines is 1. The van der Waals surface area contributed by atoms with E-state index in [1.165, 1.54) is 55.7 Å². The van der Waals surface area contributed by atoms with Crippen LogP contribution in [0.25, 0.3) is 17.4 Å². The van der Waals surface area contributed by atoms with Gasteiger partial charge in [0.05, 0.1) is 23.9 Å². The fourth-order valence-corrected chi connectivity index (χ4v) is 2.72. The van der Waals surface area contributed by atoms with Gasteiger partial charge < -0.3 is 19.6 Å². The highest BCUT2D eigenvalue weighted by Gasteiger charge is 2.30. The number of furan rings is 1. The zero-order valence-electron chi connectivity index (χ0n) is 16.1. The predicted octanol–water partition coefficient (Wildman–Crippen LogP) is 5.32. The molecule has 0 atom stereocenters. The average Bonchev–Trinajstić information content (AvgIpc) is 3.21. The monoisotopic (exact) mass is 431 g/mol. The molecule has 2 aromatic carbocycles. The van der Waals surface area contributed by atoms with Gasteiger partial charge in [-0.2, -0.15) is 13.2 Å². The first-order valence-corrected chi connectivity index (χ1v) is 8.85. The van der Waals surface area contributed by atoms with Crippen LogP contribution >= 0.6 is 0 Å². The minimum atomic E-state index is -4.47. The Morgan fingerprint density at radius 3 is 2.55 bits per heavy atom. The van der Waals surface area contributed by atoms with E-state index in [-0.39, 0.29) is 34.1 Å². The van der Waals surface area contributed by atoms with Gasteiger partial charge in [-0.15, -0.1) is 0 Å². The summed E-state index contributed by atoms with van der Waals surface area (Å²) in [6, 6.07) is 11.7. The zero-order chi connectivity index (χ0) is 22.6. The normalized spacial score (nSPS) is 11.5. The fourth-order valence-electron chi connectivity index (χ4n) is 2.72. The minimum Gasteiger partial charge on any atom is -0.495 e. The van der Waals surface area contributed by atoms with E-state index in [9.17, 15) is 22.8 Å². The molecule has 0 fully saturated rings. The van der Waals surface area contributed by atoms with Gasteiger partial charge in [0.2, 0.25) is 5.91 Å². The van der Waals surface area contributed by atoms with Gasteiger partial charge in [0, 0.05) is 11.6 Å². The second-order valence-corrected chi connectivity index (χ2v) is 6.32. The van der Waals surface area contributed by atoms with Gasteiger partial charge >= 0.3 is 12.1 Å². The van der Waals surface area contributed by atoms with E-state index in [1.54, 1.807) is 0 Å². The largest absolute Gasteiger partial charge is 0.495 e. The maximum absolute atomic E-state index is 12.9. The Balaban J connectivity index is 1.74. The van der Waals surface area contributed by atoms with E-state index in [2.05, 4.69) is 5.32 Å². The van der Waals surface area contributed by atoms with Crippen molar-refractivity contribution in [1.82, 2.24) is 0 Å². The number of hydrogen-bond acceptors (Lipinski definition) is 4. The molecule has 1 heterocycles. The van der Waals surface area contributed by atoms with Gasteiger partial charge in [-0.05, 0) is 48.5 Å². The number of carboxylic acid groups (broad SMARTS) is 1. The van der Waals surface area contributed by atoms with Gasteiger partial charge in [-0.1, -0.05) is 12.1 Å². The molecule has 1 amide bonds. The molecule has 0 saturated carbocycles. The van der Waals surface area contributed by atoms with Crippen LogP contribution in [0.15, 0.2) is 65.1 Å². The number of carbonyl (C=O) groups is 2. The number of hydrogen-bond donors (Lipinski definition) is 2. The van der Waals surface area contributed by atoms with Crippen LogP contribution in [0.4, 0.5) is 18.9 Å². The molecule has 9 heteroatoms. The Bertz CT molecular complexity index is 1150. The Morgan fingerprint density at radius 1 is 1.10 bits per heavy atom. The van der Waals surface area contributed by atoms with Crippen LogP contribution in [0, 0.1) is 0 Å². The molecule has 3 aromatic rings. The van der Waals surface area contributed by atoms with Crippen molar-refractivity contribution in [1.29, 1.82) is 0 Å². The lowest BCUT2D eigenvalue weighted by molar-refractivity contribution is -0.137. The van der Waals surface area contributed by atoms with Gasteiger partial charge in [0.25, 0.3) is 0 Å². The third kappa shape index (κ3) is 5.33. The van der Waals surface area contributed by atoms with Crippen molar-refractivity contribution in [3.05, 3.63) is 77.6 Å². The summed E-state index contributed by atoms with van der Waals surface area (Å²) < 4.78 is 49.2. The number of aromatic carboxylic acids is 1. The summed E-state index contributed by atoms with van der Waals surface area (Å²) >= 11 is 0. The summed E-state index contributed by atoms with van der Waals surface area (Å²) in [5, 5.41) is 11.6. The van der Waals surface area contributed by atoms with Crippen molar-refractivity contribution in [2.24, 2.45) is 0 Å². The molecule has 160 valence electrons. The number of carboxylic acids is 1. The van der Waals surface area contributed by atoms with Crippen molar-refractivity contribution in [2.45, 2.75) is 6.18 Å². The highest BCUT2D eigenvalue weighted by molar-refractivity contribution is 6.03. The smallest absolute Gasteiger partial charge is 0.416 e. The SMILES string of the molecule is COc1ccc(C(=O)O)cc1NC(=O)/C=C/c1ccc(-c2cccc(C(F)(F)F)c2)o1. The number of nitrogens with one attached hydrogen (secondary N) is 1. The van der Waals surface area contributed by atoms with Crippen LogP contribution in [-0.4, -0.2) is 24.1 Å². The van der Waals surface area contributed by atoms with Crippen LogP contribution in [0.2, 0.25) is 0 Å². The number of ether oxygens (including phenoxy) is 1. The molecule has 0 radical (unpaired) electrons. The van der Waals surface area contributed by atoms with E-state index in [1.807, 2.05) is 0 Å². The predicted molar refractivity (Wildman–Crippen MR) is 107 cm³/mol. The first-order valence-electron chi connectivity index (χ1n) is 8.85. The van der Waals surface area contributed by atoms with Crippen LogP contribution in [-0.2, 0) is 11.0 Å². The Hall–Kier alpha value is -4.01. The number of halogens is 3. The van der Waals surface area contributed by atoms with Crippen molar-refractivity contribution < 1.29 is 37.0 Å². The maximum atomic E-state index is 12.9. The van der Waals surface area contributed by atoms with Crippen LogP contribution in [0.1, 0.15) is 21.7 Å². The molecule has 3 rings (SSSR count). The molecular weight excluding hydrogens is 415 g/mol. The maximum Gasteiger partial charge on any atom is 0.416 e. The van der Waals surface area contributed by atoms with E-state index < -0.39 is 23.6 Å². The number of amides is 1. The number of alkyl halides is 3. The summed E-state index contributed by atoms with van der Waals surface area (Å²) in [5.74, 6) is -1.02. The van der Waals surface area contributed by atoms with Gasteiger partial charge in [0.1, 0.15) is 17.3 Å². The molecule has 0 aliphatic rings. The van der Waals surface area contributed by atoms with Crippen molar-refractivity contribution in [3.8, 4) is 17.1 Å². The standard InChI is InChI=1S/C22H16F3NO5/c1-30-19-8-5-14(21(28)29)12-17(19)26-20(27)10-7-16-6-9-18(31-16)13-3-2-4-15(11-13)22(23,24)25/h2-12H,1H3,(H,26,27)(H,28,29)/b10-7+. The third-order valence-corrected chi connectivity index (χ3v) is 4.20. The summed E-state index contributed by atoms with van der Waals surface area (Å²) in [5.41, 5.74) is -0.414. The van der Waals surface area contributed by atoms with Crippen molar-refractivity contribution in [3.63, 3.8) is 0 Å². The molecular formula is C22H16F3NO5. The van der Waals surface area contributed by atoms with Gasteiger partial charge in [-0.3, -0.25) is 4.79 Å². The molecule has 0 aliphatic carbocycles. The summed E-state index contributed by atoms with van der Waals surface area (Å²) in [4.78, 5) is 23.3. The number of methoxy groups -OCH3 is 1. The van der Waals surface area contributed by atoms with Crippen molar-refractivity contribution in [2.75, 3.05) is 12.4 Å². The number of rotatable bonds is 6. The van der Waals surface area contributed by atoms with Crippen LogP contribution in [0.3, 0.4) is 0 Å². The second-order valence-electron chi connectivity index (χ2n) is 6.32. The number of carbonyl (C=O) groups excluding carboxylic acids is 1. The number of benzene rings is 2. The highest BCUT2D eigenvalue weighted by atomic mass is 19.4. The van der Waals surface area contributed by atoms with Crippen molar-refractivity contribution >= 4 is 23.6 Å². The minimum absolute atomic E-state index is 0.0307. The molecule has 0 bridgehead atoms. The van der Waals surface area contributed by atoms with Gasteiger partial charge in [-0.25, -0.2) is 4.79 Å². The molecule has 2 N–H and O–H groups in total. The molecule has 1 aromatic heterocycles. The molecule has 6 nitrogen and oxygen atoms in total. The molecule has 0 aliphatic heterocycles. The highest BCUT2D eigenvalue weighted by Crippen LogP contribution is 2.33. The van der Waals surface area contributed by atoms with E-state index in [4.69, 9.17) is 14.3 Å². The van der Waals surface area contributed by atoms with E-state index >= 15 is 0 Å². The zero-order valence-corrected chi connectivity index (χ0v) is 16.1. The fraction of sp³-hybridized carbons (Fsp3) is 0.0909. The Labute approximate surface area is 174 Å². The Kier molecular flexibility index (Phi) is 6.15. The summed E-state index contributed by atoms with van der Waals surface area (Å²) in [6.07, 6.45) is -2.00. The average molecular weight is 431 g/mol. The molecule has 0 spiro atoms. The van der Waals surface area contributed by atoms with E-state index in [0.717, 1.165) is 18.2 Å².